The van der Waals surface area contributed by atoms with E-state index < -0.39 is 0 Å². The van der Waals surface area contributed by atoms with Crippen molar-refractivity contribution in [3.05, 3.63) is 15.6 Å². The lowest BCUT2D eigenvalue weighted by atomic mass is 9.94. The van der Waals surface area contributed by atoms with Gasteiger partial charge in [-0.25, -0.2) is 4.98 Å². The van der Waals surface area contributed by atoms with Crippen molar-refractivity contribution in [1.82, 2.24) is 4.98 Å². The number of nitrogens with zero attached hydrogens (tertiary/aromatic N) is 1. The van der Waals surface area contributed by atoms with Gasteiger partial charge in [0.25, 0.3) is 0 Å². The maximum absolute atomic E-state index is 11.9. The summed E-state index contributed by atoms with van der Waals surface area (Å²) in [4.78, 5) is 17.8. The van der Waals surface area contributed by atoms with Gasteiger partial charge in [-0.15, -0.1) is 11.3 Å². The van der Waals surface area contributed by atoms with Crippen LogP contribution in [0.15, 0.2) is 0 Å². The van der Waals surface area contributed by atoms with Crippen LogP contribution in [0.1, 0.15) is 71.7 Å². The number of fused-ring (bicyclic) bond motifs is 1. The Morgan fingerprint density at radius 3 is 2.47 bits per heavy atom. The fraction of sp³-hybridized carbons (Fsp3) is 0.733. The molecule has 0 N–H and O–H groups in total. The van der Waals surface area contributed by atoms with Gasteiger partial charge in [0.05, 0.1) is 0 Å². The van der Waals surface area contributed by atoms with E-state index >= 15 is 0 Å². The summed E-state index contributed by atoms with van der Waals surface area (Å²) in [5.74, 6) is 0.226. The molecule has 104 valence electrons. The van der Waals surface area contributed by atoms with E-state index in [9.17, 15) is 4.79 Å². The van der Waals surface area contributed by atoms with Crippen molar-refractivity contribution in [3.63, 3.8) is 0 Å². The van der Waals surface area contributed by atoms with Gasteiger partial charge in [0.1, 0.15) is 16.3 Å². The fourth-order valence-corrected chi connectivity index (χ4v) is 4.61. The highest BCUT2D eigenvalue weighted by molar-refractivity contribution is 7.12. The van der Waals surface area contributed by atoms with Gasteiger partial charge in [0.15, 0.2) is 5.78 Å². The molecule has 1 aromatic heterocycles. The second-order valence-corrected chi connectivity index (χ2v) is 6.76. The summed E-state index contributed by atoms with van der Waals surface area (Å²) in [5.41, 5.74) is 0.519. The molecule has 4 heteroatoms. The van der Waals surface area contributed by atoms with Crippen molar-refractivity contribution in [3.8, 4) is 0 Å². The number of Topliss-reactive ketones (excluding diaryl/α,β-unsaturated/α-hetero) is 1. The molecule has 0 radical (unpaired) electrons. The van der Waals surface area contributed by atoms with Crippen LogP contribution in [0.2, 0.25) is 0 Å². The van der Waals surface area contributed by atoms with Crippen molar-refractivity contribution >= 4 is 17.1 Å². The first-order valence-electron chi connectivity index (χ1n) is 7.34. The Bertz CT molecular complexity index is 472. The Morgan fingerprint density at radius 1 is 1.11 bits per heavy atom. The Labute approximate surface area is 118 Å². The van der Waals surface area contributed by atoms with Crippen molar-refractivity contribution < 1.29 is 9.53 Å². The third-order valence-corrected chi connectivity index (χ3v) is 5.76. The lowest BCUT2D eigenvalue weighted by Gasteiger charge is -2.29. The topological polar surface area (TPSA) is 39.2 Å². The molecular weight excluding hydrogens is 258 g/mol. The first-order valence-corrected chi connectivity index (χ1v) is 8.15. The number of aryl methyl sites for hydroxylation is 1. The largest absolute Gasteiger partial charge is 0.371 e. The van der Waals surface area contributed by atoms with Crippen molar-refractivity contribution in [1.29, 1.82) is 0 Å². The molecule has 1 saturated carbocycles. The molecule has 0 amide bonds. The summed E-state index contributed by atoms with van der Waals surface area (Å²) in [6.45, 7) is 0. The Morgan fingerprint density at radius 2 is 1.84 bits per heavy atom. The van der Waals surface area contributed by atoms with Crippen LogP contribution < -0.4 is 0 Å². The summed E-state index contributed by atoms with van der Waals surface area (Å²) < 4.78 is 5.89. The zero-order chi connectivity index (χ0) is 13.3. The third kappa shape index (κ3) is 2.36. The van der Waals surface area contributed by atoms with Gasteiger partial charge in [-0.05, 0) is 25.7 Å². The molecule has 3 nitrogen and oxygen atoms in total. The van der Waals surface area contributed by atoms with Crippen molar-refractivity contribution in [2.75, 3.05) is 7.11 Å². The molecule has 2 aliphatic carbocycles. The summed E-state index contributed by atoms with van der Waals surface area (Å²) in [6.07, 6.45) is 9.72. The van der Waals surface area contributed by atoms with E-state index in [4.69, 9.17) is 4.74 Å². The van der Waals surface area contributed by atoms with E-state index in [1.54, 1.807) is 18.4 Å². The summed E-state index contributed by atoms with van der Waals surface area (Å²) in [6, 6.07) is 0. The monoisotopic (exact) mass is 279 g/mol. The molecule has 0 aromatic carbocycles. The number of ether oxygens (including phenoxy) is 1. The SMILES string of the molecule is COC1(c2nc3c(s2)CCCC3=O)CCCCCC1. The fourth-order valence-electron chi connectivity index (χ4n) is 3.27. The summed E-state index contributed by atoms with van der Waals surface area (Å²) in [5, 5.41) is 1.05. The predicted octanol–water partition coefficient (Wildman–Crippen LogP) is 3.86. The van der Waals surface area contributed by atoms with Crippen molar-refractivity contribution in [2.24, 2.45) is 0 Å². The molecule has 0 bridgehead atoms. The molecule has 0 saturated heterocycles. The average molecular weight is 279 g/mol. The molecule has 0 spiro atoms. The molecule has 0 atom stereocenters. The minimum atomic E-state index is -0.223. The Balaban J connectivity index is 1.97. The molecule has 0 aliphatic heterocycles. The number of aromatic nitrogens is 1. The lowest BCUT2D eigenvalue weighted by molar-refractivity contribution is -0.0280. The second-order valence-electron chi connectivity index (χ2n) is 5.68. The Hall–Kier alpha value is -0.740. The number of carbonyl (C=O) groups is 1. The van der Waals surface area contributed by atoms with Crippen LogP contribution in [0.4, 0.5) is 0 Å². The zero-order valence-corrected chi connectivity index (χ0v) is 12.4. The quantitative estimate of drug-likeness (QED) is 0.772. The molecule has 3 rings (SSSR count). The predicted molar refractivity (Wildman–Crippen MR) is 75.8 cm³/mol. The van der Waals surface area contributed by atoms with Crippen LogP contribution >= 0.6 is 11.3 Å². The number of ketones is 1. The van der Waals surface area contributed by atoms with Crippen LogP contribution in [0.5, 0.6) is 0 Å². The highest BCUT2D eigenvalue weighted by Gasteiger charge is 2.37. The van der Waals surface area contributed by atoms with Gasteiger partial charge in [-0.2, -0.15) is 0 Å². The molecule has 1 aromatic rings. The normalized spacial score (nSPS) is 22.9. The minimum absolute atomic E-state index is 0.223. The standard InChI is InChI=1S/C15H21NO2S/c1-18-15(9-4-2-3-5-10-15)14-16-13-11(17)7-6-8-12(13)19-14/h2-10H2,1H3. The lowest BCUT2D eigenvalue weighted by Crippen LogP contribution is -2.27. The molecule has 2 aliphatic rings. The van der Waals surface area contributed by atoms with E-state index in [2.05, 4.69) is 4.98 Å². The minimum Gasteiger partial charge on any atom is -0.371 e. The van der Waals surface area contributed by atoms with Gasteiger partial charge in [-0.1, -0.05) is 25.7 Å². The van der Waals surface area contributed by atoms with E-state index in [1.165, 1.54) is 30.6 Å². The number of hydrogen-bond donors (Lipinski definition) is 0. The second kappa shape index (κ2) is 5.33. The molecule has 1 fully saturated rings. The van der Waals surface area contributed by atoms with Gasteiger partial charge in [-0.3, -0.25) is 4.79 Å². The van der Waals surface area contributed by atoms with Crippen LogP contribution in [0.3, 0.4) is 0 Å². The maximum atomic E-state index is 11.9. The smallest absolute Gasteiger partial charge is 0.182 e. The summed E-state index contributed by atoms with van der Waals surface area (Å²) in [7, 11) is 1.80. The Kier molecular flexibility index (Phi) is 3.72. The third-order valence-electron chi connectivity index (χ3n) is 4.46. The van der Waals surface area contributed by atoms with Crippen LogP contribution in [0, 0.1) is 0 Å². The maximum Gasteiger partial charge on any atom is 0.182 e. The molecule has 1 heterocycles. The van der Waals surface area contributed by atoms with Gasteiger partial charge >= 0.3 is 0 Å². The average Bonchev–Trinajstić information content (AvgIpc) is 2.72. The van der Waals surface area contributed by atoms with E-state index in [0.717, 1.165) is 36.4 Å². The van der Waals surface area contributed by atoms with Crippen molar-refractivity contribution in [2.45, 2.75) is 63.4 Å². The van der Waals surface area contributed by atoms with Crippen LogP contribution in [-0.2, 0) is 16.8 Å². The molecule has 0 unspecified atom stereocenters. The van der Waals surface area contributed by atoms with Crippen LogP contribution in [0.25, 0.3) is 0 Å². The number of hydrogen-bond acceptors (Lipinski definition) is 4. The molecular formula is C15H21NO2S. The first-order chi connectivity index (χ1) is 9.25. The van der Waals surface area contributed by atoms with E-state index in [0.29, 0.717) is 6.42 Å². The van der Waals surface area contributed by atoms with Crippen LogP contribution in [-0.4, -0.2) is 17.9 Å². The summed E-state index contributed by atoms with van der Waals surface area (Å²) >= 11 is 1.72. The molecule has 19 heavy (non-hydrogen) atoms. The highest BCUT2D eigenvalue weighted by Crippen LogP contribution is 2.42. The van der Waals surface area contributed by atoms with E-state index in [-0.39, 0.29) is 11.4 Å². The number of thiazole rings is 1. The zero-order valence-electron chi connectivity index (χ0n) is 11.5. The first kappa shape index (κ1) is 13.3. The number of rotatable bonds is 2. The number of methoxy groups -OCH3 is 1. The van der Waals surface area contributed by atoms with Gasteiger partial charge in [0.2, 0.25) is 0 Å². The van der Waals surface area contributed by atoms with Gasteiger partial charge < -0.3 is 4.74 Å². The van der Waals surface area contributed by atoms with E-state index in [1.807, 2.05) is 0 Å². The van der Waals surface area contributed by atoms with Gasteiger partial charge in [0, 0.05) is 18.4 Å². The number of carbonyl (C=O) groups excluding carboxylic acids is 1. The highest BCUT2D eigenvalue weighted by atomic mass is 32.1.